The number of nitrogens with zero attached hydrogens (tertiary/aromatic N) is 2. The summed E-state index contributed by atoms with van der Waals surface area (Å²) in [6, 6.07) is 8.29. The van der Waals surface area contributed by atoms with E-state index in [1.54, 1.807) is 25.5 Å². The molecule has 1 atom stereocenters. The van der Waals surface area contributed by atoms with Gasteiger partial charge < -0.3 is 15.4 Å². The first-order chi connectivity index (χ1) is 12.5. The maximum absolute atomic E-state index is 5.21. The summed E-state index contributed by atoms with van der Waals surface area (Å²) >= 11 is 1.69. The molecule has 0 bridgehead atoms. The number of methoxy groups -OCH3 is 1. The van der Waals surface area contributed by atoms with Gasteiger partial charge in [0.25, 0.3) is 0 Å². The molecule has 0 spiro atoms. The Morgan fingerprint density at radius 2 is 1.92 bits per heavy atom. The van der Waals surface area contributed by atoms with Crippen LogP contribution in [0, 0.1) is 0 Å². The van der Waals surface area contributed by atoms with Gasteiger partial charge in [-0.05, 0) is 36.0 Å². The van der Waals surface area contributed by atoms with Crippen LogP contribution in [0.2, 0.25) is 0 Å². The number of hydrogen-bond acceptors (Lipinski definition) is 4. The van der Waals surface area contributed by atoms with Gasteiger partial charge in [-0.1, -0.05) is 32.9 Å². The fourth-order valence-electron chi connectivity index (χ4n) is 2.56. The maximum Gasteiger partial charge on any atom is 0.191 e. The fourth-order valence-corrected chi connectivity index (χ4v) is 3.45. The van der Waals surface area contributed by atoms with Crippen molar-refractivity contribution in [3.63, 3.8) is 0 Å². The zero-order valence-corrected chi connectivity index (χ0v) is 17.2. The second-order valence-corrected chi connectivity index (χ2v) is 7.58. The van der Waals surface area contributed by atoms with Crippen LogP contribution in [-0.4, -0.2) is 31.6 Å². The van der Waals surface area contributed by atoms with Gasteiger partial charge in [0.1, 0.15) is 10.8 Å². The van der Waals surface area contributed by atoms with Gasteiger partial charge >= 0.3 is 0 Å². The van der Waals surface area contributed by atoms with Crippen LogP contribution in [0.4, 0.5) is 0 Å². The van der Waals surface area contributed by atoms with Crippen LogP contribution in [0.25, 0.3) is 0 Å². The zero-order chi connectivity index (χ0) is 18.9. The third-order valence-corrected chi connectivity index (χ3v) is 5.21. The lowest BCUT2D eigenvalue weighted by Crippen LogP contribution is -2.37. The second-order valence-electron chi connectivity index (χ2n) is 6.64. The van der Waals surface area contributed by atoms with Gasteiger partial charge in [-0.25, -0.2) is 4.98 Å². The number of guanidine groups is 1. The summed E-state index contributed by atoms with van der Waals surface area (Å²) < 4.78 is 5.21. The molecule has 0 amide bonds. The van der Waals surface area contributed by atoms with E-state index in [0.717, 1.165) is 35.4 Å². The van der Waals surface area contributed by atoms with Crippen molar-refractivity contribution in [1.82, 2.24) is 15.6 Å². The van der Waals surface area contributed by atoms with Gasteiger partial charge in [0.15, 0.2) is 5.96 Å². The SMILES string of the molecule is CN=C(NCCC(C)c1ccc(OC)cc1)NCc1nc(C(C)C)cs1. The fraction of sp³-hybridized carbons (Fsp3) is 0.500. The molecule has 0 fully saturated rings. The number of benzene rings is 1. The van der Waals surface area contributed by atoms with Crippen LogP contribution < -0.4 is 15.4 Å². The quantitative estimate of drug-likeness (QED) is 0.539. The summed E-state index contributed by atoms with van der Waals surface area (Å²) in [5, 5.41) is 9.94. The molecule has 26 heavy (non-hydrogen) atoms. The van der Waals surface area contributed by atoms with Gasteiger partial charge in [0, 0.05) is 19.0 Å². The number of thiazole rings is 1. The molecule has 0 radical (unpaired) electrons. The van der Waals surface area contributed by atoms with Crippen LogP contribution >= 0.6 is 11.3 Å². The van der Waals surface area contributed by atoms with E-state index in [2.05, 4.69) is 58.9 Å². The van der Waals surface area contributed by atoms with E-state index in [4.69, 9.17) is 4.74 Å². The topological polar surface area (TPSA) is 58.5 Å². The number of aliphatic imine (C=N–C) groups is 1. The van der Waals surface area contributed by atoms with Gasteiger partial charge in [0.05, 0.1) is 19.3 Å². The van der Waals surface area contributed by atoms with Crippen molar-refractivity contribution >= 4 is 17.3 Å². The molecule has 1 unspecified atom stereocenters. The molecule has 1 aromatic carbocycles. The van der Waals surface area contributed by atoms with Crippen molar-refractivity contribution in [1.29, 1.82) is 0 Å². The molecule has 1 aromatic heterocycles. The minimum absolute atomic E-state index is 0.469. The van der Waals surface area contributed by atoms with E-state index >= 15 is 0 Å². The van der Waals surface area contributed by atoms with Crippen LogP contribution in [0.1, 0.15) is 55.3 Å². The third kappa shape index (κ3) is 6.02. The Bertz CT molecular complexity index is 694. The first kappa shape index (κ1) is 20.2. The van der Waals surface area contributed by atoms with Crippen molar-refractivity contribution in [2.45, 2.75) is 45.6 Å². The van der Waals surface area contributed by atoms with E-state index in [0.29, 0.717) is 18.4 Å². The highest BCUT2D eigenvalue weighted by atomic mass is 32.1. The lowest BCUT2D eigenvalue weighted by atomic mass is 9.98. The van der Waals surface area contributed by atoms with Crippen molar-refractivity contribution in [3.8, 4) is 5.75 Å². The van der Waals surface area contributed by atoms with Gasteiger partial charge in [-0.15, -0.1) is 11.3 Å². The van der Waals surface area contributed by atoms with Gasteiger partial charge in [-0.2, -0.15) is 0 Å². The standard InChI is InChI=1S/C20H30N4OS/c1-14(2)18-13-26-19(24-18)12-23-20(21-4)22-11-10-15(3)16-6-8-17(25-5)9-7-16/h6-9,13-15H,10-12H2,1-5H3,(H2,21,22,23). The molecule has 0 saturated heterocycles. The molecule has 2 N–H and O–H groups in total. The highest BCUT2D eigenvalue weighted by Gasteiger charge is 2.08. The molecule has 5 nitrogen and oxygen atoms in total. The highest BCUT2D eigenvalue weighted by molar-refractivity contribution is 7.09. The number of hydrogen-bond donors (Lipinski definition) is 2. The largest absolute Gasteiger partial charge is 0.497 e. The summed E-state index contributed by atoms with van der Waals surface area (Å²) in [6.45, 7) is 8.13. The minimum Gasteiger partial charge on any atom is -0.497 e. The van der Waals surface area contributed by atoms with E-state index in [-0.39, 0.29) is 0 Å². The Kier molecular flexibility index (Phi) is 7.91. The first-order valence-corrected chi connectivity index (χ1v) is 9.94. The van der Waals surface area contributed by atoms with Gasteiger partial charge in [0.2, 0.25) is 0 Å². The molecule has 2 aromatic rings. The third-order valence-electron chi connectivity index (χ3n) is 4.35. The molecule has 0 aliphatic carbocycles. The minimum atomic E-state index is 0.469. The molecule has 0 aliphatic heterocycles. The lowest BCUT2D eigenvalue weighted by molar-refractivity contribution is 0.414. The molecular formula is C20H30N4OS. The molecule has 0 saturated carbocycles. The normalized spacial score (nSPS) is 12.9. The highest BCUT2D eigenvalue weighted by Crippen LogP contribution is 2.21. The second kappa shape index (κ2) is 10.2. The Balaban J connectivity index is 1.75. The zero-order valence-electron chi connectivity index (χ0n) is 16.4. The number of rotatable bonds is 8. The summed E-state index contributed by atoms with van der Waals surface area (Å²) in [7, 11) is 3.49. The van der Waals surface area contributed by atoms with Gasteiger partial charge in [-0.3, -0.25) is 4.99 Å². The van der Waals surface area contributed by atoms with E-state index in [9.17, 15) is 0 Å². The average Bonchev–Trinajstić information content (AvgIpc) is 3.13. The number of nitrogens with one attached hydrogen (secondary N) is 2. The smallest absolute Gasteiger partial charge is 0.191 e. The van der Waals surface area contributed by atoms with Crippen molar-refractivity contribution < 1.29 is 4.74 Å². The molecule has 142 valence electrons. The first-order valence-electron chi connectivity index (χ1n) is 9.06. The van der Waals surface area contributed by atoms with E-state index < -0.39 is 0 Å². The predicted octanol–water partition coefficient (Wildman–Crippen LogP) is 4.13. The van der Waals surface area contributed by atoms with E-state index in [1.165, 1.54) is 5.56 Å². The summed E-state index contributed by atoms with van der Waals surface area (Å²) in [5.74, 6) is 2.65. The summed E-state index contributed by atoms with van der Waals surface area (Å²) in [5.41, 5.74) is 2.47. The average molecular weight is 375 g/mol. The van der Waals surface area contributed by atoms with Crippen molar-refractivity contribution in [2.75, 3.05) is 20.7 Å². The summed E-state index contributed by atoms with van der Waals surface area (Å²) in [6.07, 6.45) is 1.03. The summed E-state index contributed by atoms with van der Waals surface area (Å²) in [4.78, 5) is 8.93. The molecule has 1 heterocycles. The lowest BCUT2D eigenvalue weighted by Gasteiger charge is -2.15. The van der Waals surface area contributed by atoms with E-state index in [1.807, 2.05) is 12.1 Å². The number of ether oxygens (including phenoxy) is 1. The predicted molar refractivity (Wildman–Crippen MR) is 110 cm³/mol. The molecule has 0 aliphatic rings. The molecule has 6 heteroatoms. The Morgan fingerprint density at radius 3 is 2.50 bits per heavy atom. The van der Waals surface area contributed by atoms with Crippen molar-refractivity contribution in [3.05, 3.63) is 45.9 Å². The van der Waals surface area contributed by atoms with Crippen LogP contribution in [-0.2, 0) is 6.54 Å². The van der Waals surface area contributed by atoms with Crippen LogP contribution in [0.3, 0.4) is 0 Å². The molecular weight excluding hydrogens is 344 g/mol. The Hall–Kier alpha value is -2.08. The monoisotopic (exact) mass is 374 g/mol. The van der Waals surface area contributed by atoms with Crippen LogP contribution in [0.15, 0.2) is 34.6 Å². The van der Waals surface area contributed by atoms with Crippen molar-refractivity contribution in [2.24, 2.45) is 4.99 Å². The Labute approximate surface area is 160 Å². The number of aromatic nitrogens is 1. The Morgan fingerprint density at radius 1 is 1.19 bits per heavy atom. The maximum atomic E-state index is 5.21. The molecule has 2 rings (SSSR count). The van der Waals surface area contributed by atoms with Crippen LogP contribution in [0.5, 0.6) is 5.75 Å².